The minimum absolute atomic E-state index is 0.0622. The molecule has 0 aliphatic carbocycles. The molecule has 0 saturated carbocycles. The number of hydrogen-bond donors (Lipinski definition) is 1. The number of carboxylic acid groups (broad SMARTS) is 1. The molecule has 1 aromatic rings. The van der Waals surface area contributed by atoms with Crippen LogP contribution >= 0.6 is 11.3 Å². The highest BCUT2D eigenvalue weighted by atomic mass is 32.2. The summed E-state index contributed by atoms with van der Waals surface area (Å²) in [7, 11) is -1.60. The van der Waals surface area contributed by atoms with Crippen molar-refractivity contribution in [2.75, 3.05) is 19.3 Å². The van der Waals surface area contributed by atoms with Crippen molar-refractivity contribution in [3.05, 3.63) is 21.9 Å². The summed E-state index contributed by atoms with van der Waals surface area (Å²) in [5.74, 6) is -1.27. The molecule has 0 aliphatic heterocycles. The number of carboxylic acids is 1. The average molecular weight is 319 g/mol. The van der Waals surface area contributed by atoms with Crippen LogP contribution in [0.25, 0.3) is 0 Å². The third kappa shape index (κ3) is 4.93. The highest BCUT2D eigenvalue weighted by molar-refractivity contribution is 7.90. The maximum Gasteiger partial charge on any atom is 0.305 e. The minimum atomic E-state index is -3.12. The van der Waals surface area contributed by atoms with Crippen LogP contribution in [0, 0.1) is 0 Å². The Labute approximate surface area is 121 Å². The van der Waals surface area contributed by atoms with Gasteiger partial charge < -0.3 is 10.0 Å². The fourth-order valence-corrected chi connectivity index (χ4v) is 3.75. The molecule has 1 heterocycles. The SMILES string of the molecule is CCS(=O)(=O)Cc1ccc(C(=O)N(C)CCC(=O)O)s1. The summed E-state index contributed by atoms with van der Waals surface area (Å²) >= 11 is 1.13. The first kappa shape index (κ1) is 16.6. The van der Waals surface area contributed by atoms with Gasteiger partial charge in [0, 0.05) is 24.2 Å². The quantitative estimate of drug-likeness (QED) is 0.816. The fourth-order valence-electron chi connectivity index (χ4n) is 1.44. The van der Waals surface area contributed by atoms with Gasteiger partial charge in [-0.15, -0.1) is 11.3 Å². The molecule has 0 fully saturated rings. The van der Waals surface area contributed by atoms with E-state index in [1.54, 1.807) is 19.1 Å². The average Bonchev–Trinajstić information content (AvgIpc) is 2.82. The van der Waals surface area contributed by atoms with Crippen molar-refractivity contribution in [3.8, 4) is 0 Å². The van der Waals surface area contributed by atoms with Crippen molar-refractivity contribution in [3.63, 3.8) is 0 Å². The Bertz CT molecular complexity index is 591. The highest BCUT2D eigenvalue weighted by Gasteiger charge is 2.17. The van der Waals surface area contributed by atoms with Crippen LogP contribution in [-0.2, 0) is 20.4 Å². The van der Waals surface area contributed by atoms with Crippen molar-refractivity contribution in [1.29, 1.82) is 0 Å². The number of aliphatic carboxylic acids is 1. The Hall–Kier alpha value is -1.41. The fraction of sp³-hybridized carbons (Fsp3) is 0.500. The zero-order valence-electron chi connectivity index (χ0n) is 11.3. The molecule has 0 bridgehead atoms. The lowest BCUT2D eigenvalue weighted by molar-refractivity contribution is -0.137. The Kier molecular flexibility index (Phi) is 5.70. The molecule has 20 heavy (non-hydrogen) atoms. The lowest BCUT2D eigenvalue weighted by atomic mass is 10.3. The van der Waals surface area contributed by atoms with Gasteiger partial charge in [0.1, 0.15) is 0 Å². The molecular formula is C12H17NO5S2. The molecule has 1 N–H and O–H groups in total. The van der Waals surface area contributed by atoms with Gasteiger partial charge in [-0.2, -0.15) is 0 Å². The van der Waals surface area contributed by atoms with E-state index in [0.29, 0.717) is 9.75 Å². The molecule has 8 heteroatoms. The molecule has 1 aromatic heterocycles. The summed E-state index contributed by atoms with van der Waals surface area (Å²) in [4.78, 5) is 24.8. The molecule has 1 amide bonds. The van der Waals surface area contributed by atoms with Crippen molar-refractivity contribution >= 4 is 33.1 Å². The van der Waals surface area contributed by atoms with Crippen molar-refractivity contribution in [1.82, 2.24) is 4.90 Å². The third-order valence-electron chi connectivity index (χ3n) is 2.68. The zero-order valence-corrected chi connectivity index (χ0v) is 13.0. The predicted molar refractivity (Wildman–Crippen MR) is 76.7 cm³/mol. The van der Waals surface area contributed by atoms with Crippen LogP contribution in [0.4, 0.5) is 0 Å². The van der Waals surface area contributed by atoms with E-state index in [2.05, 4.69) is 0 Å². The number of sulfone groups is 1. The maximum atomic E-state index is 12.0. The zero-order chi connectivity index (χ0) is 15.3. The first-order valence-electron chi connectivity index (χ1n) is 6.01. The summed E-state index contributed by atoms with van der Waals surface area (Å²) in [5.41, 5.74) is 0. The van der Waals surface area contributed by atoms with Gasteiger partial charge in [0.2, 0.25) is 0 Å². The molecule has 0 aliphatic rings. The van der Waals surface area contributed by atoms with E-state index in [0.717, 1.165) is 11.3 Å². The summed E-state index contributed by atoms with van der Waals surface area (Å²) in [6, 6.07) is 3.20. The number of nitrogens with zero attached hydrogens (tertiary/aromatic N) is 1. The van der Waals surface area contributed by atoms with Crippen molar-refractivity contribution in [2.45, 2.75) is 19.1 Å². The number of carbonyl (C=O) groups is 2. The second-order valence-corrected chi connectivity index (χ2v) is 7.83. The number of amides is 1. The van der Waals surface area contributed by atoms with Crippen LogP contribution in [0.2, 0.25) is 0 Å². The van der Waals surface area contributed by atoms with Gasteiger partial charge in [-0.3, -0.25) is 9.59 Å². The van der Waals surface area contributed by atoms with Crippen LogP contribution in [0.5, 0.6) is 0 Å². The standard InChI is InChI=1S/C12H17NO5S2/c1-3-20(17,18)8-9-4-5-10(19-9)12(16)13(2)7-6-11(14)15/h4-5H,3,6-8H2,1-2H3,(H,14,15). The summed E-state index contributed by atoms with van der Waals surface area (Å²) in [6.07, 6.45) is -0.120. The topological polar surface area (TPSA) is 91.8 Å². The smallest absolute Gasteiger partial charge is 0.305 e. The normalized spacial score (nSPS) is 11.3. The lowest BCUT2D eigenvalue weighted by Gasteiger charge is -2.14. The van der Waals surface area contributed by atoms with E-state index in [1.165, 1.54) is 11.9 Å². The molecule has 6 nitrogen and oxygen atoms in total. The summed E-state index contributed by atoms with van der Waals surface area (Å²) in [6.45, 7) is 1.70. The second-order valence-electron chi connectivity index (χ2n) is 4.31. The molecule has 0 spiro atoms. The largest absolute Gasteiger partial charge is 0.481 e. The van der Waals surface area contributed by atoms with E-state index in [1.807, 2.05) is 0 Å². The van der Waals surface area contributed by atoms with E-state index >= 15 is 0 Å². The monoisotopic (exact) mass is 319 g/mol. The molecule has 0 atom stereocenters. The first-order chi connectivity index (χ1) is 9.25. The van der Waals surface area contributed by atoms with Crippen LogP contribution < -0.4 is 0 Å². The van der Waals surface area contributed by atoms with Crippen LogP contribution in [0.15, 0.2) is 12.1 Å². The van der Waals surface area contributed by atoms with Gasteiger partial charge in [-0.1, -0.05) is 6.92 Å². The summed E-state index contributed by atoms with van der Waals surface area (Å²) in [5, 5.41) is 8.57. The molecule has 0 saturated heterocycles. The van der Waals surface area contributed by atoms with Gasteiger partial charge >= 0.3 is 5.97 Å². The Balaban J connectivity index is 2.71. The van der Waals surface area contributed by atoms with Crippen LogP contribution in [-0.4, -0.2) is 49.6 Å². The number of rotatable bonds is 7. The van der Waals surface area contributed by atoms with E-state index in [4.69, 9.17) is 5.11 Å². The Morgan fingerprint density at radius 1 is 1.35 bits per heavy atom. The van der Waals surface area contributed by atoms with E-state index < -0.39 is 15.8 Å². The minimum Gasteiger partial charge on any atom is -0.481 e. The molecule has 1 rings (SSSR count). The van der Waals surface area contributed by atoms with Crippen LogP contribution in [0.1, 0.15) is 27.9 Å². The molecule has 0 radical (unpaired) electrons. The van der Waals surface area contributed by atoms with E-state index in [9.17, 15) is 18.0 Å². The molecule has 112 valence electrons. The Morgan fingerprint density at radius 2 is 2.00 bits per heavy atom. The van der Waals surface area contributed by atoms with Gasteiger partial charge in [-0.05, 0) is 12.1 Å². The van der Waals surface area contributed by atoms with Gasteiger partial charge in [0.15, 0.2) is 9.84 Å². The second kappa shape index (κ2) is 6.85. The number of carbonyl (C=O) groups excluding carboxylic acids is 1. The predicted octanol–water partition coefficient (Wildman–Crippen LogP) is 1.23. The lowest BCUT2D eigenvalue weighted by Crippen LogP contribution is -2.28. The molecule has 0 unspecified atom stereocenters. The van der Waals surface area contributed by atoms with Gasteiger partial charge in [0.05, 0.1) is 17.1 Å². The Morgan fingerprint density at radius 3 is 2.55 bits per heavy atom. The number of thiophene rings is 1. The van der Waals surface area contributed by atoms with Crippen molar-refractivity contribution < 1.29 is 23.1 Å². The molecule has 0 aromatic carbocycles. The van der Waals surface area contributed by atoms with Crippen LogP contribution in [0.3, 0.4) is 0 Å². The number of hydrogen-bond acceptors (Lipinski definition) is 5. The third-order valence-corrected chi connectivity index (χ3v) is 5.57. The van der Waals surface area contributed by atoms with Crippen molar-refractivity contribution in [2.24, 2.45) is 0 Å². The van der Waals surface area contributed by atoms with Gasteiger partial charge in [0.25, 0.3) is 5.91 Å². The first-order valence-corrected chi connectivity index (χ1v) is 8.65. The molecular weight excluding hydrogens is 302 g/mol. The van der Waals surface area contributed by atoms with Gasteiger partial charge in [-0.25, -0.2) is 8.42 Å². The summed E-state index contributed by atoms with van der Waals surface area (Å²) < 4.78 is 23.0. The van der Waals surface area contributed by atoms with E-state index in [-0.39, 0.29) is 30.4 Å². The maximum absolute atomic E-state index is 12.0. The highest BCUT2D eigenvalue weighted by Crippen LogP contribution is 2.20.